The largest absolute Gasteiger partial charge is 0.377 e. The molecule has 2 nitrogen and oxygen atoms in total. The van der Waals surface area contributed by atoms with Crippen LogP contribution in [0.4, 0.5) is 10.1 Å². The predicted molar refractivity (Wildman–Crippen MR) is 74.2 cm³/mol. The van der Waals surface area contributed by atoms with Gasteiger partial charge < -0.3 is 5.32 Å². The van der Waals surface area contributed by atoms with Crippen molar-refractivity contribution in [2.45, 2.75) is 19.4 Å². The summed E-state index contributed by atoms with van der Waals surface area (Å²) in [5.74, 6) is -0.242. The second-order valence-electron chi connectivity index (χ2n) is 4.43. The summed E-state index contributed by atoms with van der Waals surface area (Å²) in [5.41, 5.74) is 2.32. The van der Waals surface area contributed by atoms with E-state index in [-0.39, 0.29) is 11.9 Å². The highest BCUT2D eigenvalue weighted by molar-refractivity contribution is 5.47. The molecule has 0 amide bonds. The zero-order valence-electron chi connectivity index (χ0n) is 10.7. The maximum Gasteiger partial charge on any atom is 0.128 e. The Balaban J connectivity index is 2.22. The molecule has 2 rings (SSSR count). The Bertz CT molecular complexity index is 587. The number of hydrogen-bond acceptors (Lipinski definition) is 2. The third-order valence-electron chi connectivity index (χ3n) is 3.01. The van der Waals surface area contributed by atoms with Crippen LogP contribution >= 0.6 is 0 Å². The Labute approximate surface area is 112 Å². The summed E-state index contributed by atoms with van der Waals surface area (Å²) in [6.45, 7) is 1.73. The Morgan fingerprint density at radius 2 is 1.95 bits per heavy atom. The molecule has 0 radical (unpaired) electrons. The summed E-state index contributed by atoms with van der Waals surface area (Å²) < 4.78 is 13.5. The molecule has 0 bridgehead atoms. The number of hydrogen-bond donors (Lipinski definition) is 1. The first-order chi connectivity index (χ1) is 9.20. The van der Waals surface area contributed by atoms with Gasteiger partial charge in [0.15, 0.2) is 0 Å². The number of nitriles is 1. The summed E-state index contributed by atoms with van der Waals surface area (Å²) in [6.07, 6.45) is 0.333. The van der Waals surface area contributed by atoms with Gasteiger partial charge in [-0.3, -0.25) is 0 Å². The summed E-state index contributed by atoms with van der Waals surface area (Å²) in [5, 5.41) is 12.1. The molecule has 0 aliphatic heterocycles. The SMILES string of the molecule is Cc1ccc(NC(CC#N)c2ccccc2)cc1F. The van der Waals surface area contributed by atoms with Crippen molar-refractivity contribution in [3.05, 3.63) is 65.5 Å². The van der Waals surface area contributed by atoms with Crippen LogP contribution in [0.5, 0.6) is 0 Å². The van der Waals surface area contributed by atoms with Gasteiger partial charge in [-0.2, -0.15) is 5.26 Å². The maximum atomic E-state index is 13.5. The van der Waals surface area contributed by atoms with E-state index >= 15 is 0 Å². The van der Waals surface area contributed by atoms with Crippen molar-refractivity contribution in [2.75, 3.05) is 5.32 Å². The van der Waals surface area contributed by atoms with Crippen molar-refractivity contribution >= 4 is 5.69 Å². The number of aryl methyl sites for hydroxylation is 1. The normalized spacial score (nSPS) is 11.6. The number of anilines is 1. The molecule has 0 saturated carbocycles. The summed E-state index contributed by atoms with van der Waals surface area (Å²) in [4.78, 5) is 0. The van der Waals surface area contributed by atoms with Crippen LogP contribution in [0.1, 0.15) is 23.6 Å². The van der Waals surface area contributed by atoms with Crippen LogP contribution in [0.25, 0.3) is 0 Å². The van der Waals surface area contributed by atoms with Gasteiger partial charge in [0, 0.05) is 5.69 Å². The molecule has 0 aliphatic rings. The molecule has 0 aliphatic carbocycles. The first kappa shape index (κ1) is 13.1. The number of halogens is 1. The molecule has 96 valence electrons. The van der Waals surface area contributed by atoms with Gasteiger partial charge in [-0.15, -0.1) is 0 Å². The number of rotatable bonds is 4. The van der Waals surface area contributed by atoms with E-state index < -0.39 is 0 Å². The minimum absolute atomic E-state index is 0.131. The van der Waals surface area contributed by atoms with E-state index in [0.717, 1.165) is 5.56 Å². The summed E-state index contributed by atoms with van der Waals surface area (Å²) in [6, 6.07) is 16.7. The molecule has 1 atom stereocenters. The van der Waals surface area contributed by atoms with Crippen LogP contribution in [-0.4, -0.2) is 0 Å². The summed E-state index contributed by atoms with van der Waals surface area (Å²) >= 11 is 0. The molecule has 3 heteroatoms. The lowest BCUT2D eigenvalue weighted by Gasteiger charge is -2.18. The predicted octanol–water partition coefficient (Wildman–Crippen LogP) is 4.20. The smallest absolute Gasteiger partial charge is 0.128 e. The van der Waals surface area contributed by atoms with Crippen molar-refractivity contribution < 1.29 is 4.39 Å². The van der Waals surface area contributed by atoms with Crippen LogP contribution in [0.15, 0.2) is 48.5 Å². The molecule has 0 aromatic heterocycles. The Hall–Kier alpha value is -2.34. The van der Waals surface area contributed by atoms with Crippen molar-refractivity contribution in [1.82, 2.24) is 0 Å². The highest BCUT2D eigenvalue weighted by Gasteiger charge is 2.11. The van der Waals surface area contributed by atoms with Gasteiger partial charge in [-0.25, -0.2) is 4.39 Å². The second kappa shape index (κ2) is 6.01. The third kappa shape index (κ3) is 3.32. The van der Waals surface area contributed by atoms with Crippen LogP contribution < -0.4 is 5.32 Å². The van der Waals surface area contributed by atoms with Gasteiger partial charge in [-0.05, 0) is 30.2 Å². The molecule has 0 heterocycles. The number of benzene rings is 2. The quantitative estimate of drug-likeness (QED) is 0.887. The van der Waals surface area contributed by atoms with E-state index in [4.69, 9.17) is 5.26 Å². The fourth-order valence-electron chi connectivity index (χ4n) is 1.91. The molecular weight excluding hydrogens is 239 g/mol. The summed E-state index contributed by atoms with van der Waals surface area (Å²) in [7, 11) is 0. The molecule has 0 spiro atoms. The Kier molecular flexibility index (Phi) is 4.15. The molecule has 19 heavy (non-hydrogen) atoms. The molecule has 1 N–H and O–H groups in total. The van der Waals surface area contributed by atoms with E-state index in [1.807, 2.05) is 36.4 Å². The zero-order chi connectivity index (χ0) is 13.7. The fraction of sp³-hybridized carbons (Fsp3) is 0.188. The minimum atomic E-state index is -0.242. The van der Waals surface area contributed by atoms with Gasteiger partial charge >= 0.3 is 0 Å². The maximum absolute atomic E-state index is 13.5. The van der Waals surface area contributed by atoms with Crippen molar-refractivity contribution in [3.63, 3.8) is 0 Å². The average molecular weight is 254 g/mol. The van der Waals surface area contributed by atoms with E-state index in [1.54, 1.807) is 13.0 Å². The lowest BCUT2D eigenvalue weighted by molar-refractivity contribution is 0.618. The molecular formula is C16H15FN2. The third-order valence-corrected chi connectivity index (χ3v) is 3.01. The van der Waals surface area contributed by atoms with Crippen molar-refractivity contribution in [2.24, 2.45) is 0 Å². The first-order valence-electron chi connectivity index (χ1n) is 6.15. The number of nitrogens with one attached hydrogen (secondary N) is 1. The van der Waals surface area contributed by atoms with Crippen LogP contribution in [0, 0.1) is 24.1 Å². The Morgan fingerprint density at radius 1 is 1.21 bits per heavy atom. The average Bonchev–Trinajstić information content (AvgIpc) is 2.43. The molecule has 1 unspecified atom stereocenters. The van der Waals surface area contributed by atoms with Crippen LogP contribution in [0.3, 0.4) is 0 Å². The lowest BCUT2D eigenvalue weighted by Crippen LogP contribution is -2.10. The van der Waals surface area contributed by atoms with E-state index in [1.165, 1.54) is 6.07 Å². The molecule has 0 saturated heterocycles. The minimum Gasteiger partial charge on any atom is -0.377 e. The monoisotopic (exact) mass is 254 g/mol. The number of nitrogens with zero attached hydrogens (tertiary/aromatic N) is 1. The molecule has 2 aromatic carbocycles. The zero-order valence-corrected chi connectivity index (χ0v) is 10.7. The van der Waals surface area contributed by atoms with Gasteiger partial charge in [-0.1, -0.05) is 36.4 Å². The van der Waals surface area contributed by atoms with Crippen LogP contribution in [0.2, 0.25) is 0 Å². The second-order valence-corrected chi connectivity index (χ2v) is 4.43. The van der Waals surface area contributed by atoms with E-state index in [2.05, 4.69) is 11.4 Å². The lowest BCUT2D eigenvalue weighted by atomic mass is 10.0. The van der Waals surface area contributed by atoms with Gasteiger partial charge in [0.1, 0.15) is 5.82 Å². The van der Waals surface area contributed by atoms with Crippen molar-refractivity contribution in [1.29, 1.82) is 5.26 Å². The standard InChI is InChI=1S/C16H15FN2/c1-12-7-8-14(11-15(12)17)19-16(9-10-18)13-5-3-2-4-6-13/h2-8,11,16,19H,9H2,1H3. The van der Waals surface area contributed by atoms with E-state index in [0.29, 0.717) is 17.7 Å². The van der Waals surface area contributed by atoms with Gasteiger partial charge in [0.05, 0.1) is 18.5 Å². The first-order valence-corrected chi connectivity index (χ1v) is 6.15. The fourth-order valence-corrected chi connectivity index (χ4v) is 1.91. The Morgan fingerprint density at radius 3 is 2.58 bits per heavy atom. The van der Waals surface area contributed by atoms with Gasteiger partial charge in [0.2, 0.25) is 0 Å². The molecule has 0 fully saturated rings. The highest BCUT2D eigenvalue weighted by atomic mass is 19.1. The van der Waals surface area contributed by atoms with Crippen molar-refractivity contribution in [3.8, 4) is 6.07 Å². The van der Waals surface area contributed by atoms with E-state index in [9.17, 15) is 4.39 Å². The highest BCUT2D eigenvalue weighted by Crippen LogP contribution is 2.23. The molecule has 2 aromatic rings. The topological polar surface area (TPSA) is 35.8 Å². The van der Waals surface area contributed by atoms with Gasteiger partial charge in [0.25, 0.3) is 0 Å². The van der Waals surface area contributed by atoms with Crippen LogP contribution in [-0.2, 0) is 0 Å².